The van der Waals surface area contributed by atoms with Gasteiger partial charge in [0.1, 0.15) is 5.75 Å². The molecular weight excluding hydrogens is 456 g/mol. The zero-order valence-corrected chi connectivity index (χ0v) is 20.6. The Labute approximate surface area is 200 Å². The number of rotatable bonds is 9. The van der Waals surface area contributed by atoms with Crippen molar-refractivity contribution in [1.29, 1.82) is 0 Å². The second kappa shape index (κ2) is 10.2. The van der Waals surface area contributed by atoms with Gasteiger partial charge in [0, 0.05) is 43.9 Å². The summed E-state index contributed by atoms with van der Waals surface area (Å²) >= 11 is 0. The summed E-state index contributed by atoms with van der Waals surface area (Å²) in [6, 6.07) is 7.78. The molecule has 1 unspecified atom stereocenters. The van der Waals surface area contributed by atoms with Gasteiger partial charge in [-0.25, -0.2) is 22.4 Å². The first-order chi connectivity index (χ1) is 16.3. The Kier molecular flexibility index (Phi) is 7.34. The van der Waals surface area contributed by atoms with Gasteiger partial charge in [-0.3, -0.25) is 0 Å². The zero-order valence-electron chi connectivity index (χ0n) is 19.8. The first kappa shape index (κ1) is 24.4. The Morgan fingerprint density at radius 3 is 2.74 bits per heavy atom. The maximum Gasteiger partial charge on any atom is 0.224 e. The molecule has 1 fully saturated rings. The molecule has 10 nitrogen and oxygen atoms in total. The third kappa shape index (κ3) is 5.48. The van der Waals surface area contributed by atoms with Gasteiger partial charge in [0.15, 0.2) is 5.82 Å². The zero-order chi connectivity index (χ0) is 24.3. The van der Waals surface area contributed by atoms with Crippen LogP contribution in [0.15, 0.2) is 36.7 Å². The number of fused-ring (bicyclic) bond motifs is 1. The molecule has 3 aromatic rings. The van der Waals surface area contributed by atoms with Gasteiger partial charge in [-0.05, 0) is 37.8 Å². The molecule has 2 aromatic heterocycles. The van der Waals surface area contributed by atoms with Crippen LogP contribution in [-0.4, -0.2) is 76.2 Å². The molecule has 1 aliphatic rings. The van der Waals surface area contributed by atoms with Crippen molar-refractivity contribution in [1.82, 2.24) is 24.1 Å². The molecule has 4 rings (SSSR count). The van der Waals surface area contributed by atoms with Crippen LogP contribution in [0, 0.1) is 5.92 Å². The number of nitrogens with zero attached hydrogens (tertiary/aromatic N) is 5. The lowest BCUT2D eigenvalue weighted by atomic mass is 9.91. The summed E-state index contributed by atoms with van der Waals surface area (Å²) in [6.07, 6.45) is 7.98. The second-order valence-corrected chi connectivity index (χ2v) is 11.1. The van der Waals surface area contributed by atoms with Crippen molar-refractivity contribution >= 4 is 26.9 Å². The number of anilines is 1. The van der Waals surface area contributed by atoms with Crippen molar-refractivity contribution in [3.05, 3.63) is 36.7 Å². The van der Waals surface area contributed by atoms with E-state index in [0.717, 1.165) is 36.6 Å². The number of hydrogen-bond donors (Lipinski definition) is 2. The van der Waals surface area contributed by atoms with Gasteiger partial charge in [0.05, 0.1) is 30.0 Å². The SMILES string of the molecule is CC(CO)COc1cccc2c1cnn2-c1ccnc(NC2CCC(N(C)S(C)(=O)=O)CC2)n1. The maximum atomic E-state index is 11.8. The average Bonchev–Trinajstić information content (AvgIpc) is 3.27. The highest BCUT2D eigenvalue weighted by molar-refractivity contribution is 7.88. The lowest BCUT2D eigenvalue weighted by Gasteiger charge is -2.33. The molecule has 2 N–H and O–H groups in total. The third-order valence-corrected chi connectivity index (χ3v) is 7.68. The highest BCUT2D eigenvalue weighted by Gasteiger charge is 2.28. The molecule has 0 amide bonds. The van der Waals surface area contributed by atoms with Gasteiger partial charge in [-0.1, -0.05) is 13.0 Å². The van der Waals surface area contributed by atoms with Crippen molar-refractivity contribution in [3.63, 3.8) is 0 Å². The Hall–Kier alpha value is -2.76. The minimum atomic E-state index is -3.18. The second-order valence-electron chi connectivity index (χ2n) is 9.01. The number of benzene rings is 1. The van der Waals surface area contributed by atoms with Crippen molar-refractivity contribution < 1.29 is 18.3 Å². The van der Waals surface area contributed by atoms with Gasteiger partial charge in [-0.15, -0.1) is 0 Å². The minimum Gasteiger partial charge on any atom is -0.492 e. The van der Waals surface area contributed by atoms with Crippen LogP contribution in [0.5, 0.6) is 5.75 Å². The molecule has 11 heteroatoms. The highest BCUT2D eigenvalue weighted by atomic mass is 32.2. The Bertz CT molecular complexity index is 1220. The number of hydrogen-bond acceptors (Lipinski definition) is 8. The van der Waals surface area contributed by atoms with E-state index in [1.165, 1.54) is 10.6 Å². The first-order valence-corrected chi connectivity index (χ1v) is 13.3. The molecule has 0 spiro atoms. The molecular formula is C23H32N6O4S. The van der Waals surface area contributed by atoms with Crippen LogP contribution in [0.2, 0.25) is 0 Å². The quantitative estimate of drug-likeness (QED) is 0.471. The van der Waals surface area contributed by atoms with E-state index in [1.807, 2.05) is 25.1 Å². The first-order valence-electron chi connectivity index (χ1n) is 11.5. The van der Waals surface area contributed by atoms with Gasteiger partial charge in [0.25, 0.3) is 0 Å². The van der Waals surface area contributed by atoms with Crippen LogP contribution >= 0.6 is 0 Å². The monoisotopic (exact) mass is 488 g/mol. The van der Waals surface area contributed by atoms with E-state index in [1.54, 1.807) is 30.2 Å². The predicted octanol–water partition coefficient (Wildman–Crippen LogP) is 2.44. The normalized spacial score (nSPS) is 19.9. The summed E-state index contributed by atoms with van der Waals surface area (Å²) in [6.45, 7) is 2.42. The van der Waals surface area contributed by atoms with E-state index in [9.17, 15) is 13.5 Å². The van der Waals surface area contributed by atoms with Gasteiger partial charge in [-0.2, -0.15) is 10.1 Å². The standard InChI is InChI=1S/C23H32N6O4S/c1-16(14-30)15-33-21-6-4-5-20-19(21)13-25-29(20)22-11-12-24-23(27-22)26-17-7-9-18(10-8-17)28(2)34(3,31)32/h4-6,11-13,16-18,30H,7-10,14-15H2,1-3H3,(H,24,26,27). The summed E-state index contributed by atoms with van der Waals surface area (Å²) in [4.78, 5) is 9.04. The fourth-order valence-electron chi connectivity index (χ4n) is 4.19. The van der Waals surface area contributed by atoms with Crippen molar-refractivity contribution in [2.24, 2.45) is 5.92 Å². The molecule has 0 radical (unpaired) electrons. The van der Waals surface area contributed by atoms with Crippen LogP contribution in [0.4, 0.5) is 5.95 Å². The number of sulfonamides is 1. The van der Waals surface area contributed by atoms with Gasteiger partial charge >= 0.3 is 0 Å². The van der Waals surface area contributed by atoms with E-state index in [2.05, 4.69) is 20.4 Å². The van der Waals surface area contributed by atoms with Crippen LogP contribution in [0.25, 0.3) is 16.7 Å². The van der Waals surface area contributed by atoms with E-state index in [-0.39, 0.29) is 24.6 Å². The molecule has 1 saturated carbocycles. The van der Waals surface area contributed by atoms with E-state index >= 15 is 0 Å². The molecule has 2 heterocycles. The van der Waals surface area contributed by atoms with Crippen LogP contribution in [0.3, 0.4) is 0 Å². The summed E-state index contributed by atoms with van der Waals surface area (Å²) in [5.74, 6) is 1.92. The van der Waals surface area contributed by atoms with Crippen LogP contribution < -0.4 is 10.1 Å². The van der Waals surface area contributed by atoms with Crippen molar-refractivity contribution in [3.8, 4) is 11.6 Å². The lowest BCUT2D eigenvalue weighted by Crippen LogP contribution is -2.41. The number of ether oxygens (including phenoxy) is 1. The minimum absolute atomic E-state index is 0.0347. The molecule has 0 saturated heterocycles. The fourth-order valence-corrected chi connectivity index (χ4v) is 4.94. The topological polar surface area (TPSA) is 122 Å². The lowest BCUT2D eigenvalue weighted by molar-refractivity contribution is 0.175. The Morgan fingerprint density at radius 2 is 2.03 bits per heavy atom. The fraction of sp³-hybridized carbons (Fsp3) is 0.522. The molecule has 184 valence electrons. The Morgan fingerprint density at radius 1 is 1.26 bits per heavy atom. The van der Waals surface area contributed by atoms with Crippen molar-refractivity contribution in [2.45, 2.75) is 44.7 Å². The van der Waals surface area contributed by atoms with Crippen LogP contribution in [0.1, 0.15) is 32.6 Å². The van der Waals surface area contributed by atoms with Crippen LogP contribution in [-0.2, 0) is 10.0 Å². The van der Waals surface area contributed by atoms with E-state index in [0.29, 0.717) is 24.1 Å². The maximum absolute atomic E-state index is 11.8. The average molecular weight is 489 g/mol. The van der Waals surface area contributed by atoms with Gasteiger partial charge in [0.2, 0.25) is 16.0 Å². The number of aliphatic hydroxyl groups excluding tert-OH is 1. The van der Waals surface area contributed by atoms with Gasteiger partial charge < -0.3 is 15.2 Å². The number of aromatic nitrogens is 4. The Balaban J connectivity index is 1.46. The molecule has 0 bridgehead atoms. The summed E-state index contributed by atoms with van der Waals surface area (Å²) in [5, 5.41) is 18.0. The molecule has 0 aliphatic heterocycles. The molecule has 34 heavy (non-hydrogen) atoms. The predicted molar refractivity (Wildman–Crippen MR) is 131 cm³/mol. The number of aliphatic hydroxyl groups is 1. The molecule has 1 atom stereocenters. The smallest absolute Gasteiger partial charge is 0.224 e. The molecule has 1 aromatic carbocycles. The molecule has 1 aliphatic carbocycles. The summed E-state index contributed by atoms with van der Waals surface area (Å²) in [5.41, 5.74) is 0.864. The van der Waals surface area contributed by atoms with E-state index in [4.69, 9.17) is 4.74 Å². The van der Waals surface area contributed by atoms with E-state index < -0.39 is 10.0 Å². The largest absolute Gasteiger partial charge is 0.492 e. The van der Waals surface area contributed by atoms with Crippen molar-refractivity contribution in [2.75, 3.05) is 31.8 Å². The third-order valence-electron chi connectivity index (χ3n) is 6.33. The summed E-state index contributed by atoms with van der Waals surface area (Å²) in [7, 11) is -1.53. The number of nitrogens with one attached hydrogen (secondary N) is 1. The highest BCUT2D eigenvalue weighted by Crippen LogP contribution is 2.28. The summed E-state index contributed by atoms with van der Waals surface area (Å²) < 4.78 is 32.7.